The highest BCUT2D eigenvalue weighted by Gasteiger charge is 2.37. The van der Waals surface area contributed by atoms with Crippen LogP contribution in [0.15, 0.2) is 24.3 Å². The lowest BCUT2D eigenvalue weighted by Crippen LogP contribution is -2.60. The van der Waals surface area contributed by atoms with Crippen LogP contribution in [-0.2, 0) is 14.8 Å². The number of ether oxygens (including phenoxy) is 2. The zero-order chi connectivity index (χ0) is 25.6. The molecule has 0 bridgehead atoms. The molecular formula is C23H34F3N3O5S. The summed E-state index contributed by atoms with van der Waals surface area (Å²) >= 11 is 0. The quantitative estimate of drug-likeness (QED) is 0.543. The maximum absolute atomic E-state index is 12.6. The second-order valence-corrected chi connectivity index (χ2v) is 10.9. The Morgan fingerprint density at radius 2 is 1.89 bits per heavy atom. The first kappa shape index (κ1) is 27.5. The summed E-state index contributed by atoms with van der Waals surface area (Å²) in [6.07, 6.45) is 0.522. The van der Waals surface area contributed by atoms with Gasteiger partial charge in [0, 0.05) is 19.1 Å². The molecule has 0 radical (unpaired) electrons. The van der Waals surface area contributed by atoms with Gasteiger partial charge in [0.1, 0.15) is 5.75 Å². The van der Waals surface area contributed by atoms with Gasteiger partial charge >= 0.3 is 12.4 Å². The third-order valence-electron chi connectivity index (χ3n) is 6.47. The van der Waals surface area contributed by atoms with Crippen LogP contribution in [0.2, 0.25) is 0 Å². The highest BCUT2D eigenvalue weighted by atomic mass is 32.2. The molecule has 0 unspecified atom stereocenters. The molecule has 8 nitrogen and oxygen atoms in total. The average molecular weight is 522 g/mol. The number of sulfonamides is 1. The third-order valence-corrected chi connectivity index (χ3v) is 7.20. The molecule has 12 heteroatoms. The number of amides is 2. The van der Waals surface area contributed by atoms with Gasteiger partial charge in [-0.3, -0.25) is 0 Å². The van der Waals surface area contributed by atoms with E-state index in [0.717, 1.165) is 24.7 Å². The molecule has 2 aliphatic rings. The molecule has 198 valence electrons. The first-order chi connectivity index (χ1) is 16.4. The summed E-state index contributed by atoms with van der Waals surface area (Å²) in [5.74, 6) is -0.117. The number of nitrogens with one attached hydrogen (secondary N) is 2. The smallest absolute Gasteiger partial charge is 0.406 e. The topological polar surface area (TPSA) is 97.0 Å². The van der Waals surface area contributed by atoms with Crippen LogP contribution in [-0.4, -0.2) is 69.9 Å². The molecule has 0 spiro atoms. The first-order valence-corrected chi connectivity index (χ1v) is 13.8. The first-order valence-electron chi connectivity index (χ1n) is 11.9. The van der Waals surface area contributed by atoms with Gasteiger partial charge in [0.2, 0.25) is 10.0 Å². The van der Waals surface area contributed by atoms with E-state index in [2.05, 4.69) is 14.8 Å². The van der Waals surface area contributed by atoms with Gasteiger partial charge in [-0.25, -0.2) is 17.9 Å². The molecule has 35 heavy (non-hydrogen) atoms. The van der Waals surface area contributed by atoms with Gasteiger partial charge in [-0.1, -0.05) is 12.1 Å². The summed E-state index contributed by atoms with van der Waals surface area (Å²) in [4.78, 5) is 14.2. The molecule has 2 atom stereocenters. The summed E-state index contributed by atoms with van der Waals surface area (Å²) in [7, 11) is -3.46. The Kier molecular flexibility index (Phi) is 9.28. The van der Waals surface area contributed by atoms with E-state index < -0.39 is 28.5 Å². The average Bonchev–Trinajstić information content (AvgIpc) is 2.76. The van der Waals surface area contributed by atoms with E-state index >= 15 is 0 Å². The van der Waals surface area contributed by atoms with Crippen molar-refractivity contribution in [1.82, 2.24) is 14.9 Å². The number of hydrogen-bond acceptors (Lipinski definition) is 5. The molecule has 1 aliphatic carbocycles. The number of carbonyl (C=O) groups excluding carboxylic acids is 1. The van der Waals surface area contributed by atoms with Gasteiger partial charge in [0.05, 0.1) is 25.0 Å². The Balaban J connectivity index is 1.59. The molecule has 1 saturated carbocycles. The van der Waals surface area contributed by atoms with Gasteiger partial charge in [0.15, 0.2) is 0 Å². The number of likely N-dealkylation sites (tertiary alicyclic amines) is 1. The lowest BCUT2D eigenvalue weighted by atomic mass is 9.82. The fourth-order valence-electron chi connectivity index (χ4n) is 4.94. The lowest BCUT2D eigenvalue weighted by molar-refractivity contribution is -0.274. The lowest BCUT2D eigenvalue weighted by Gasteiger charge is -2.42. The molecular weight excluding hydrogens is 487 g/mol. The second kappa shape index (κ2) is 11.8. The standard InChI is InChI=1S/C23H34F3N3O5S/c1-3-27-22(30)29-13-5-8-20(28-35(2,31)32)21(29)15-33-18-11-9-16(10-12-18)17-6-4-7-19(14-17)34-23(24,25)26/h4,6-7,14,16,18,20-21,28H,3,5,8-13,15H2,1-2H3,(H,27,30)/t16?,18?,20-,21-/m0/s1. The van der Waals surface area contributed by atoms with Crippen molar-refractivity contribution in [3.63, 3.8) is 0 Å². The Hall–Kier alpha value is -2.05. The van der Waals surface area contributed by atoms with Crippen LogP contribution in [0.1, 0.15) is 56.9 Å². The number of nitrogens with zero attached hydrogens (tertiary/aromatic N) is 1. The van der Waals surface area contributed by atoms with E-state index in [1.54, 1.807) is 11.0 Å². The van der Waals surface area contributed by atoms with E-state index in [1.165, 1.54) is 12.1 Å². The van der Waals surface area contributed by atoms with Crippen molar-refractivity contribution < 1.29 is 35.9 Å². The van der Waals surface area contributed by atoms with Crippen molar-refractivity contribution in [3.8, 4) is 5.75 Å². The normalized spacial score (nSPS) is 25.8. The van der Waals surface area contributed by atoms with Gasteiger partial charge in [-0.2, -0.15) is 0 Å². The molecule has 2 amide bonds. The summed E-state index contributed by atoms with van der Waals surface area (Å²) in [6.45, 7) is 3.01. The highest BCUT2D eigenvalue weighted by molar-refractivity contribution is 7.88. The molecule has 1 saturated heterocycles. The van der Waals surface area contributed by atoms with Crippen molar-refractivity contribution in [2.24, 2.45) is 0 Å². The molecule has 1 aromatic rings. The number of halogens is 3. The van der Waals surface area contributed by atoms with Crippen LogP contribution in [0.25, 0.3) is 0 Å². The number of piperidine rings is 1. The van der Waals surface area contributed by atoms with Crippen LogP contribution in [0, 0.1) is 0 Å². The van der Waals surface area contributed by atoms with Crippen molar-refractivity contribution >= 4 is 16.1 Å². The van der Waals surface area contributed by atoms with E-state index in [4.69, 9.17) is 4.74 Å². The molecule has 0 aromatic heterocycles. The van der Waals surface area contributed by atoms with Crippen molar-refractivity contribution in [2.45, 2.75) is 75.9 Å². The number of carbonyl (C=O) groups is 1. The Labute approximate surface area is 204 Å². The number of benzene rings is 1. The zero-order valence-electron chi connectivity index (χ0n) is 20.0. The fraction of sp³-hybridized carbons (Fsp3) is 0.696. The number of alkyl halides is 3. The van der Waals surface area contributed by atoms with Crippen LogP contribution < -0.4 is 14.8 Å². The second-order valence-electron chi connectivity index (χ2n) is 9.16. The fourth-order valence-corrected chi connectivity index (χ4v) is 5.77. The van der Waals surface area contributed by atoms with Gasteiger partial charge in [-0.15, -0.1) is 13.2 Å². The molecule has 2 fully saturated rings. The van der Waals surface area contributed by atoms with Crippen molar-refractivity contribution in [1.29, 1.82) is 0 Å². The van der Waals surface area contributed by atoms with Crippen LogP contribution in [0.5, 0.6) is 5.75 Å². The van der Waals surface area contributed by atoms with Gasteiger partial charge in [-0.05, 0) is 69.1 Å². The van der Waals surface area contributed by atoms with E-state index in [-0.39, 0.29) is 30.4 Å². The minimum atomic E-state index is -4.73. The Morgan fingerprint density at radius 3 is 2.51 bits per heavy atom. The predicted octanol–water partition coefficient (Wildman–Crippen LogP) is 3.74. The van der Waals surface area contributed by atoms with Crippen LogP contribution in [0.3, 0.4) is 0 Å². The molecule has 2 N–H and O–H groups in total. The SMILES string of the molecule is CCNC(=O)N1CCC[C@H](NS(C)(=O)=O)[C@@H]1COC1CCC(c2cccc(OC(F)(F)F)c2)CC1. The highest BCUT2D eigenvalue weighted by Crippen LogP contribution is 2.36. The van der Waals surface area contributed by atoms with Crippen LogP contribution in [0.4, 0.5) is 18.0 Å². The summed E-state index contributed by atoms with van der Waals surface area (Å²) in [5.41, 5.74) is 0.803. The molecule has 1 heterocycles. The maximum atomic E-state index is 12.6. The van der Waals surface area contributed by atoms with Gasteiger partial charge < -0.3 is 19.7 Å². The van der Waals surface area contributed by atoms with Crippen molar-refractivity contribution in [3.05, 3.63) is 29.8 Å². The summed E-state index contributed by atoms with van der Waals surface area (Å²) in [5, 5.41) is 2.78. The number of rotatable bonds is 8. The van der Waals surface area contributed by atoms with Gasteiger partial charge in [0.25, 0.3) is 0 Å². The predicted molar refractivity (Wildman–Crippen MR) is 125 cm³/mol. The Morgan fingerprint density at radius 1 is 1.17 bits per heavy atom. The largest absolute Gasteiger partial charge is 0.573 e. The molecule has 1 aromatic carbocycles. The Bertz CT molecular complexity index is 952. The van der Waals surface area contributed by atoms with Crippen LogP contribution >= 0.6 is 0 Å². The summed E-state index contributed by atoms with van der Waals surface area (Å²) in [6, 6.07) is 4.99. The monoisotopic (exact) mass is 521 g/mol. The minimum absolute atomic E-state index is 0.0715. The van der Waals surface area contributed by atoms with E-state index in [0.29, 0.717) is 38.8 Å². The third kappa shape index (κ3) is 8.53. The number of hydrogen-bond donors (Lipinski definition) is 2. The summed E-state index contributed by atoms with van der Waals surface area (Å²) < 4.78 is 74.2. The number of urea groups is 1. The zero-order valence-corrected chi connectivity index (χ0v) is 20.8. The molecule has 1 aliphatic heterocycles. The molecule has 3 rings (SSSR count). The van der Waals surface area contributed by atoms with Crippen molar-refractivity contribution in [2.75, 3.05) is 26.0 Å². The minimum Gasteiger partial charge on any atom is -0.406 e. The van der Waals surface area contributed by atoms with E-state index in [9.17, 15) is 26.4 Å². The van der Waals surface area contributed by atoms with E-state index in [1.807, 2.05) is 13.0 Å². The maximum Gasteiger partial charge on any atom is 0.573 e.